The normalized spacial score (nSPS) is 11.9. The van der Waals surface area contributed by atoms with Crippen molar-refractivity contribution in [3.63, 3.8) is 0 Å². The molecule has 0 spiro atoms. The Kier molecular flexibility index (Phi) is 8.49. The van der Waals surface area contributed by atoms with Gasteiger partial charge in [0.25, 0.3) is 0 Å². The van der Waals surface area contributed by atoms with E-state index in [0.717, 1.165) is 12.8 Å². The minimum Gasteiger partial charge on any atom is -0.290 e. The molecule has 0 saturated heterocycles. The van der Waals surface area contributed by atoms with Crippen molar-refractivity contribution in [3.05, 3.63) is 0 Å². The van der Waals surface area contributed by atoms with Gasteiger partial charge in [0.1, 0.15) is 0 Å². The van der Waals surface area contributed by atoms with Gasteiger partial charge in [0, 0.05) is 14.2 Å². The Hall–Kier alpha value is 0.110. The molecule has 0 aromatic heterocycles. The molecule has 0 rings (SSSR count). The highest BCUT2D eigenvalue weighted by Gasteiger charge is 2.21. The van der Waals surface area contributed by atoms with Gasteiger partial charge in [-0.05, 0) is 6.42 Å². The number of hydrogen-bond donors (Lipinski definition) is 0. The van der Waals surface area contributed by atoms with Gasteiger partial charge in [0.05, 0.1) is 6.61 Å². The topological polar surface area (TPSA) is 44.8 Å². The molecule has 0 fully saturated rings. The zero-order chi connectivity index (χ0) is 10.9. The predicted molar refractivity (Wildman–Crippen MR) is 56.3 cm³/mol. The van der Waals surface area contributed by atoms with Crippen LogP contribution in [-0.4, -0.2) is 20.8 Å². The van der Waals surface area contributed by atoms with E-state index in [4.69, 9.17) is 4.52 Å². The first-order valence-electron chi connectivity index (χ1n) is 5.04. The lowest BCUT2D eigenvalue weighted by atomic mass is 10.2. The van der Waals surface area contributed by atoms with Crippen LogP contribution in [0.5, 0.6) is 0 Å². The van der Waals surface area contributed by atoms with Crippen LogP contribution in [0.15, 0.2) is 0 Å². The molecular formula is C9H21O4P. The molecule has 0 saturated carbocycles. The summed E-state index contributed by atoms with van der Waals surface area (Å²) in [5.74, 6) is 0. The zero-order valence-corrected chi connectivity index (χ0v) is 10.2. The number of phosphoric acid groups is 1. The summed E-state index contributed by atoms with van der Waals surface area (Å²) in [7, 11) is -0.595. The smallest absolute Gasteiger partial charge is 0.290 e. The Morgan fingerprint density at radius 3 is 2.07 bits per heavy atom. The molecule has 0 aliphatic heterocycles. The summed E-state index contributed by atoms with van der Waals surface area (Å²) >= 11 is 0. The Morgan fingerprint density at radius 2 is 1.57 bits per heavy atom. The Balaban J connectivity index is 3.39. The van der Waals surface area contributed by atoms with Crippen molar-refractivity contribution in [3.8, 4) is 0 Å². The van der Waals surface area contributed by atoms with E-state index in [9.17, 15) is 4.57 Å². The summed E-state index contributed by atoms with van der Waals surface area (Å²) in [6, 6.07) is 0. The Morgan fingerprint density at radius 1 is 1.00 bits per heavy atom. The maximum absolute atomic E-state index is 11.4. The molecular weight excluding hydrogens is 203 g/mol. The minimum absolute atomic E-state index is 0.433. The van der Waals surface area contributed by atoms with Crippen LogP contribution in [0.2, 0.25) is 0 Å². The van der Waals surface area contributed by atoms with E-state index in [0.29, 0.717) is 6.61 Å². The quantitative estimate of drug-likeness (QED) is 0.445. The molecule has 0 N–H and O–H groups in total. The van der Waals surface area contributed by atoms with E-state index < -0.39 is 7.82 Å². The molecule has 0 unspecified atom stereocenters. The van der Waals surface area contributed by atoms with Crippen molar-refractivity contribution in [2.45, 2.75) is 39.0 Å². The van der Waals surface area contributed by atoms with Crippen molar-refractivity contribution in [2.24, 2.45) is 0 Å². The van der Waals surface area contributed by atoms with Crippen molar-refractivity contribution >= 4 is 7.82 Å². The van der Waals surface area contributed by atoms with E-state index in [2.05, 4.69) is 16.0 Å². The molecule has 0 radical (unpaired) electrons. The van der Waals surface area contributed by atoms with Crippen LogP contribution in [-0.2, 0) is 18.1 Å². The molecule has 0 aliphatic carbocycles. The maximum atomic E-state index is 11.4. The molecule has 0 bridgehead atoms. The predicted octanol–water partition coefficient (Wildman–Crippen LogP) is 3.37. The fourth-order valence-corrected chi connectivity index (χ4v) is 1.77. The molecule has 4 nitrogen and oxygen atoms in total. The van der Waals surface area contributed by atoms with Gasteiger partial charge in [-0.3, -0.25) is 13.6 Å². The van der Waals surface area contributed by atoms with Crippen molar-refractivity contribution < 1.29 is 18.1 Å². The average molecular weight is 224 g/mol. The van der Waals surface area contributed by atoms with Gasteiger partial charge < -0.3 is 0 Å². The van der Waals surface area contributed by atoms with Crippen LogP contribution in [0.4, 0.5) is 0 Å². The van der Waals surface area contributed by atoms with Crippen molar-refractivity contribution in [1.29, 1.82) is 0 Å². The number of rotatable bonds is 9. The fraction of sp³-hybridized carbons (Fsp3) is 1.00. The van der Waals surface area contributed by atoms with E-state index in [1.165, 1.54) is 33.5 Å². The lowest BCUT2D eigenvalue weighted by Crippen LogP contribution is -1.97. The second-order valence-electron chi connectivity index (χ2n) is 3.06. The first-order valence-corrected chi connectivity index (χ1v) is 6.50. The summed E-state index contributed by atoms with van der Waals surface area (Å²) < 4.78 is 25.6. The summed E-state index contributed by atoms with van der Waals surface area (Å²) in [5.41, 5.74) is 0. The summed E-state index contributed by atoms with van der Waals surface area (Å²) in [6.45, 7) is 2.60. The maximum Gasteiger partial charge on any atom is 0.474 e. The van der Waals surface area contributed by atoms with E-state index >= 15 is 0 Å². The van der Waals surface area contributed by atoms with Crippen LogP contribution in [0.1, 0.15) is 39.0 Å². The molecule has 86 valence electrons. The van der Waals surface area contributed by atoms with E-state index in [-0.39, 0.29) is 0 Å². The number of unbranched alkanes of at least 4 members (excludes halogenated alkanes) is 4. The molecule has 5 heteroatoms. The fourth-order valence-electron chi connectivity index (χ4n) is 1.06. The largest absolute Gasteiger partial charge is 0.474 e. The van der Waals surface area contributed by atoms with Crippen LogP contribution in [0.25, 0.3) is 0 Å². The SMILES string of the molecule is CCCCCCCOP(=O)(OC)OC. The standard InChI is InChI=1S/C9H21O4P/c1-4-5-6-7-8-9-13-14(10,11-2)12-3/h4-9H2,1-3H3. The zero-order valence-electron chi connectivity index (χ0n) is 9.32. The monoisotopic (exact) mass is 224 g/mol. The van der Waals surface area contributed by atoms with E-state index in [1.807, 2.05) is 0 Å². The van der Waals surface area contributed by atoms with Gasteiger partial charge >= 0.3 is 7.82 Å². The second kappa shape index (κ2) is 8.42. The number of hydrogen-bond acceptors (Lipinski definition) is 4. The van der Waals surface area contributed by atoms with Gasteiger partial charge in [-0.1, -0.05) is 32.6 Å². The van der Waals surface area contributed by atoms with Crippen LogP contribution < -0.4 is 0 Å². The molecule has 0 atom stereocenters. The van der Waals surface area contributed by atoms with Gasteiger partial charge in [0.2, 0.25) is 0 Å². The molecule has 0 aromatic rings. The summed E-state index contributed by atoms with van der Waals surface area (Å²) in [5, 5.41) is 0. The van der Waals surface area contributed by atoms with Crippen LogP contribution in [0, 0.1) is 0 Å². The van der Waals surface area contributed by atoms with Gasteiger partial charge in [-0.25, -0.2) is 4.57 Å². The van der Waals surface area contributed by atoms with Crippen molar-refractivity contribution in [1.82, 2.24) is 0 Å². The molecule has 0 aromatic carbocycles. The number of phosphoric ester groups is 1. The minimum atomic E-state index is -3.24. The van der Waals surface area contributed by atoms with E-state index in [1.54, 1.807) is 0 Å². The highest BCUT2D eigenvalue weighted by atomic mass is 31.2. The van der Waals surface area contributed by atoms with Crippen molar-refractivity contribution in [2.75, 3.05) is 20.8 Å². The third-order valence-corrected chi connectivity index (χ3v) is 3.34. The Bertz CT molecular complexity index is 164. The third kappa shape index (κ3) is 6.55. The lowest BCUT2D eigenvalue weighted by molar-refractivity contribution is 0.150. The first kappa shape index (κ1) is 14.1. The van der Waals surface area contributed by atoms with Gasteiger partial charge in [-0.15, -0.1) is 0 Å². The molecule has 0 amide bonds. The average Bonchev–Trinajstić information content (AvgIpc) is 2.23. The third-order valence-electron chi connectivity index (χ3n) is 1.94. The highest BCUT2D eigenvalue weighted by molar-refractivity contribution is 7.48. The first-order chi connectivity index (χ1) is 6.68. The van der Waals surface area contributed by atoms with Crippen LogP contribution in [0.3, 0.4) is 0 Å². The van der Waals surface area contributed by atoms with Gasteiger partial charge in [0.15, 0.2) is 0 Å². The van der Waals surface area contributed by atoms with Gasteiger partial charge in [-0.2, -0.15) is 0 Å². The lowest BCUT2D eigenvalue weighted by Gasteiger charge is -2.12. The van der Waals surface area contributed by atoms with Crippen LogP contribution >= 0.6 is 7.82 Å². The molecule has 0 heterocycles. The molecule has 14 heavy (non-hydrogen) atoms. The highest BCUT2D eigenvalue weighted by Crippen LogP contribution is 2.47. The summed E-state index contributed by atoms with van der Waals surface area (Å²) in [4.78, 5) is 0. The Labute approximate surface area is 86.5 Å². The second-order valence-corrected chi connectivity index (χ2v) is 4.94. The summed E-state index contributed by atoms with van der Waals surface area (Å²) in [6.07, 6.45) is 5.66. The molecule has 0 aliphatic rings.